The molecule has 150 valence electrons. The molecule has 6 heteroatoms. The van der Waals surface area contributed by atoms with Crippen LogP contribution in [0, 0.1) is 0 Å². The fraction of sp³-hybridized carbons (Fsp3) is 0.208. The van der Waals surface area contributed by atoms with Crippen LogP contribution in [-0.2, 0) is 6.54 Å². The van der Waals surface area contributed by atoms with Gasteiger partial charge in [-0.2, -0.15) is 0 Å². The number of nitrogens with zero attached hydrogens (tertiary/aromatic N) is 4. The minimum absolute atomic E-state index is 0.0157. The summed E-state index contributed by atoms with van der Waals surface area (Å²) < 4.78 is 0. The van der Waals surface area contributed by atoms with Crippen molar-refractivity contribution in [2.75, 3.05) is 26.2 Å². The van der Waals surface area contributed by atoms with Crippen molar-refractivity contribution in [2.24, 2.45) is 0 Å². The van der Waals surface area contributed by atoms with Gasteiger partial charge in [-0.3, -0.25) is 14.7 Å². The van der Waals surface area contributed by atoms with Gasteiger partial charge in [0.15, 0.2) is 0 Å². The van der Waals surface area contributed by atoms with Gasteiger partial charge >= 0.3 is 0 Å². The molecule has 2 aromatic carbocycles. The van der Waals surface area contributed by atoms with Gasteiger partial charge in [0, 0.05) is 49.7 Å². The van der Waals surface area contributed by atoms with Crippen LogP contribution in [0.5, 0.6) is 0 Å². The Hall–Kier alpha value is -3.02. The van der Waals surface area contributed by atoms with Crippen LogP contribution in [0.2, 0.25) is 5.15 Å². The minimum Gasteiger partial charge on any atom is -0.336 e. The molecule has 4 aromatic rings. The Labute approximate surface area is 179 Å². The van der Waals surface area contributed by atoms with E-state index in [1.807, 2.05) is 41.4 Å². The summed E-state index contributed by atoms with van der Waals surface area (Å²) in [6.45, 7) is 3.86. The van der Waals surface area contributed by atoms with Gasteiger partial charge in [-0.05, 0) is 23.8 Å². The maximum absolute atomic E-state index is 13.2. The molecule has 0 radical (unpaired) electrons. The van der Waals surface area contributed by atoms with Crippen LogP contribution in [0.4, 0.5) is 0 Å². The molecule has 3 heterocycles. The van der Waals surface area contributed by atoms with E-state index in [0.29, 0.717) is 23.8 Å². The summed E-state index contributed by atoms with van der Waals surface area (Å²) in [5.74, 6) is 0.0157. The highest BCUT2D eigenvalue weighted by Crippen LogP contribution is 2.23. The van der Waals surface area contributed by atoms with Gasteiger partial charge in [-0.15, -0.1) is 0 Å². The Bertz CT molecular complexity index is 1230. The summed E-state index contributed by atoms with van der Waals surface area (Å²) in [6.07, 6.45) is 1.84. The largest absolute Gasteiger partial charge is 0.336 e. The van der Waals surface area contributed by atoms with Crippen molar-refractivity contribution in [3.05, 3.63) is 83.1 Å². The van der Waals surface area contributed by atoms with Gasteiger partial charge in [-0.1, -0.05) is 54.1 Å². The quantitative estimate of drug-likeness (QED) is 0.464. The predicted molar refractivity (Wildman–Crippen MR) is 120 cm³/mol. The van der Waals surface area contributed by atoms with E-state index in [-0.39, 0.29) is 5.91 Å². The third-order valence-electron chi connectivity index (χ3n) is 5.69. The monoisotopic (exact) mass is 416 g/mol. The van der Waals surface area contributed by atoms with Crippen LogP contribution in [0.15, 0.2) is 66.9 Å². The van der Waals surface area contributed by atoms with Crippen molar-refractivity contribution in [1.82, 2.24) is 19.8 Å². The molecular formula is C24H21ClN4O. The van der Waals surface area contributed by atoms with E-state index in [2.05, 4.69) is 39.1 Å². The number of hydrogen-bond acceptors (Lipinski definition) is 4. The lowest BCUT2D eigenvalue weighted by atomic mass is 10.1. The normalized spacial score (nSPS) is 15.0. The first kappa shape index (κ1) is 19.0. The molecule has 1 fully saturated rings. The lowest BCUT2D eigenvalue weighted by Gasteiger charge is -2.35. The van der Waals surface area contributed by atoms with Crippen molar-refractivity contribution < 1.29 is 4.79 Å². The van der Waals surface area contributed by atoms with E-state index < -0.39 is 0 Å². The molecule has 0 spiro atoms. The summed E-state index contributed by atoms with van der Waals surface area (Å²) in [6, 6.07) is 19.7. The number of pyridine rings is 2. The van der Waals surface area contributed by atoms with Gasteiger partial charge in [0.2, 0.25) is 0 Å². The summed E-state index contributed by atoms with van der Waals surface area (Å²) >= 11 is 6.17. The van der Waals surface area contributed by atoms with E-state index in [1.54, 1.807) is 6.07 Å². The number of carbonyl (C=O) groups excluding carboxylic acids is 1. The van der Waals surface area contributed by atoms with Crippen LogP contribution in [0.1, 0.15) is 15.9 Å². The van der Waals surface area contributed by atoms with Crippen LogP contribution in [0.25, 0.3) is 21.8 Å². The number of hydrogen-bond donors (Lipinski definition) is 0. The van der Waals surface area contributed by atoms with Gasteiger partial charge in [0.1, 0.15) is 5.15 Å². The molecule has 2 aromatic heterocycles. The Kier molecular flexibility index (Phi) is 5.07. The Morgan fingerprint density at radius 2 is 1.77 bits per heavy atom. The first-order valence-corrected chi connectivity index (χ1v) is 10.5. The highest BCUT2D eigenvalue weighted by atomic mass is 35.5. The van der Waals surface area contributed by atoms with E-state index in [0.717, 1.165) is 41.4 Å². The van der Waals surface area contributed by atoms with Crippen molar-refractivity contribution in [2.45, 2.75) is 6.54 Å². The molecule has 1 saturated heterocycles. The number of para-hydroxylation sites is 2. The fourth-order valence-corrected chi connectivity index (χ4v) is 4.34. The first-order valence-electron chi connectivity index (χ1n) is 10.1. The predicted octanol–water partition coefficient (Wildman–Crippen LogP) is 4.39. The van der Waals surface area contributed by atoms with Crippen LogP contribution >= 0.6 is 11.6 Å². The molecule has 1 aliphatic heterocycles. The number of rotatable bonds is 3. The Morgan fingerprint density at radius 1 is 0.967 bits per heavy atom. The number of fused-ring (bicyclic) bond motifs is 2. The minimum atomic E-state index is 0.0157. The number of halogens is 1. The van der Waals surface area contributed by atoms with Crippen molar-refractivity contribution >= 4 is 39.3 Å². The lowest BCUT2D eigenvalue weighted by Crippen LogP contribution is -2.48. The molecule has 0 bridgehead atoms. The fourth-order valence-electron chi connectivity index (χ4n) is 4.14. The second-order valence-corrected chi connectivity index (χ2v) is 7.96. The highest BCUT2D eigenvalue weighted by molar-refractivity contribution is 6.30. The molecule has 1 aliphatic rings. The highest BCUT2D eigenvalue weighted by Gasteiger charge is 2.24. The maximum atomic E-state index is 13.2. The van der Waals surface area contributed by atoms with Gasteiger partial charge in [-0.25, -0.2) is 4.98 Å². The third-order valence-corrected chi connectivity index (χ3v) is 5.88. The maximum Gasteiger partial charge on any atom is 0.254 e. The third kappa shape index (κ3) is 3.62. The Morgan fingerprint density at radius 3 is 2.63 bits per heavy atom. The van der Waals surface area contributed by atoms with Crippen molar-refractivity contribution in [1.29, 1.82) is 0 Å². The second kappa shape index (κ2) is 8.01. The van der Waals surface area contributed by atoms with Crippen LogP contribution in [0.3, 0.4) is 0 Å². The summed E-state index contributed by atoms with van der Waals surface area (Å²) in [5, 5.41) is 2.35. The number of amides is 1. The SMILES string of the molecule is O=C(c1cc(Cl)nc2ccccc12)N1CCN(Cc2cccc3cccnc23)CC1. The van der Waals surface area contributed by atoms with Gasteiger partial charge in [0.05, 0.1) is 16.6 Å². The van der Waals surface area contributed by atoms with E-state index >= 15 is 0 Å². The Balaban J connectivity index is 1.31. The molecule has 0 unspecified atom stereocenters. The van der Waals surface area contributed by atoms with E-state index in [1.165, 1.54) is 5.56 Å². The van der Waals surface area contributed by atoms with Gasteiger partial charge in [0.25, 0.3) is 5.91 Å². The van der Waals surface area contributed by atoms with Crippen LogP contribution in [-0.4, -0.2) is 51.9 Å². The molecule has 0 atom stereocenters. The average Bonchev–Trinajstić information content (AvgIpc) is 2.79. The molecule has 0 N–H and O–H groups in total. The molecular weight excluding hydrogens is 396 g/mol. The molecule has 30 heavy (non-hydrogen) atoms. The topological polar surface area (TPSA) is 49.3 Å². The van der Waals surface area contributed by atoms with Crippen LogP contribution < -0.4 is 0 Å². The average molecular weight is 417 g/mol. The van der Waals surface area contributed by atoms with Gasteiger partial charge < -0.3 is 4.90 Å². The molecule has 5 nitrogen and oxygen atoms in total. The second-order valence-electron chi connectivity index (χ2n) is 7.57. The number of carbonyl (C=O) groups is 1. The zero-order valence-electron chi connectivity index (χ0n) is 16.5. The molecule has 0 aliphatic carbocycles. The van der Waals surface area contributed by atoms with Crippen molar-refractivity contribution in [3.8, 4) is 0 Å². The zero-order valence-corrected chi connectivity index (χ0v) is 17.2. The number of piperazine rings is 1. The number of benzene rings is 2. The van der Waals surface area contributed by atoms with Crippen molar-refractivity contribution in [3.63, 3.8) is 0 Å². The lowest BCUT2D eigenvalue weighted by molar-refractivity contribution is 0.0630. The standard InChI is InChI=1S/C24H21ClN4O/c25-22-15-20(19-8-1-2-9-21(19)27-22)24(30)29-13-11-28(12-14-29)16-18-6-3-5-17-7-4-10-26-23(17)18/h1-10,15H,11-14,16H2. The number of aromatic nitrogens is 2. The van der Waals surface area contributed by atoms with E-state index in [4.69, 9.17) is 11.6 Å². The van der Waals surface area contributed by atoms with E-state index in [9.17, 15) is 4.79 Å². The summed E-state index contributed by atoms with van der Waals surface area (Å²) in [5.41, 5.74) is 3.64. The molecule has 1 amide bonds. The zero-order chi connectivity index (χ0) is 20.5. The molecule has 0 saturated carbocycles. The first-order chi connectivity index (χ1) is 14.7. The molecule has 5 rings (SSSR count). The summed E-state index contributed by atoms with van der Waals surface area (Å²) in [4.78, 5) is 26.4. The smallest absolute Gasteiger partial charge is 0.254 e. The summed E-state index contributed by atoms with van der Waals surface area (Å²) in [7, 11) is 0.